The van der Waals surface area contributed by atoms with Crippen molar-refractivity contribution in [2.24, 2.45) is 0 Å². The molecule has 0 radical (unpaired) electrons. The maximum atomic E-state index is 12.9. The summed E-state index contributed by atoms with van der Waals surface area (Å²) in [5.74, 6) is 0. The van der Waals surface area contributed by atoms with Crippen LogP contribution in [0.3, 0.4) is 0 Å². The van der Waals surface area contributed by atoms with Crippen LogP contribution in [0.2, 0.25) is 0 Å². The average molecular weight is 747 g/mol. The second kappa shape index (κ2) is 15.5. The van der Waals surface area contributed by atoms with Crippen molar-refractivity contribution in [1.82, 2.24) is 9.44 Å². The quantitative estimate of drug-likeness (QED) is 0.209. The molecule has 0 aliphatic carbocycles. The molecule has 4 nitrogen and oxygen atoms in total. The van der Waals surface area contributed by atoms with E-state index in [1.165, 1.54) is 0 Å². The van der Waals surface area contributed by atoms with Crippen LogP contribution in [-0.2, 0) is 46.7 Å². The lowest BCUT2D eigenvalue weighted by molar-refractivity contribution is -0.144. The van der Waals surface area contributed by atoms with Crippen molar-refractivity contribution in [2.75, 3.05) is 0 Å². The molecule has 0 aromatic heterocycles. The van der Waals surface area contributed by atoms with E-state index in [1.54, 1.807) is 41.5 Å². The molecule has 2 N–H and O–H groups in total. The molecule has 48 heavy (non-hydrogen) atoms. The van der Waals surface area contributed by atoms with Crippen molar-refractivity contribution >= 4 is 22.0 Å². The van der Waals surface area contributed by atoms with E-state index in [-0.39, 0.29) is 23.3 Å². The summed E-state index contributed by atoms with van der Waals surface area (Å²) in [6.45, 7) is 16.5. The number of hydrogen-bond acceptors (Lipinski definition) is 2. The molecule has 2 rings (SSSR count). The van der Waals surface area contributed by atoms with Crippen LogP contribution in [0, 0.1) is 0 Å². The number of rotatable bonds is 8. The van der Waals surface area contributed by atoms with E-state index in [0.717, 1.165) is 12.2 Å². The van der Waals surface area contributed by atoms with Gasteiger partial charge in [0.05, 0.1) is 65.8 Å². The maximum absolute atomic E-state index is 12.9. The van der Waals surface area contributed by atoms with Crippen molar-refractivity contribution in [3.8, 4) is 0 Å². The highest BCUT2D eigenvalue weighted by atomic mass is 32.2. The van der Waals surface area contributed by atoms with Crippen LogP contribution in [0.1, 0.15) is 87.0 Å². The average Bonchev–Trinajstić information content (AvgIpc) is 2.91. The first-order chi connectivity index (χ1) is 21.3. The molecule has 18 heteroatoms. The van der Waals surface area contributed by atoms with Crippen molar-refractivity contribution in [2.45, 2.75) is 87.8 Å². The maximum Gasteiger partial charge on any atom is 0.416 e. The largest absolute Gasteiger partial charge is 0.416 e. The summed E-state index contributed by atoms with van der Waals surface area (Å²) in [5.41, 5.74) is -6.34. The standard InChI is InChI=1S/2C15H17F6NOS/c2*1-5-12(22-24(23)13(2,3)4)9-6-10(14(16,17)18)8-11(7-9)15(19,20)21/h2*5-8,12,22H,1H2,2-4H3/t12-,24+;12-,24-/m10/s1. The molecule has 0 aliphatic rings. The van der Waals surface area contributed by atoms with E-state index in [4.69, 9.17) is 0 Å². The van der Waals surface area contributed by atoms with Crippen LogP contribution < -0.4 is 9.44 Å². The van der Waals surface area contributed by atoms with Gasteiger partial charge in [0.15, 0.2) is 0 Å². The number of nitrogens with one attached hydrogen (secondary N) is 2. The first-order valence-corrected chi connectivity index (χ1v) is 15.8. The minimum Gasteiger partial charge on any atom is -0.242 e. The third-order valence-corrected chi connectivity index (χ3v) is 9.15. The van der Waals surface area contributed by atoms with Gasteiger partial charge in [-0.25, -0.2) is 17.9 Å². The minimum absolute atomic E-state index is 0.0460. The smallest absolute Gasteiger partial charge is 0.242 e. The van der Waals surface area contributed by atoms with Crippen molar-refractivity contribution in [3.05, 3.63) is 95.1 Å². The third kappa shape index (κ3) is 13.0. The summed E-state index contributed by atoms with van der Waals surface area (Å²) < 4.78 is 182. The summed E-state index contributed by atoms with van der Waals surface area (Å²) in [5, 5.41) is 0. The Bertz CT molecular complexity index is 1310. The fourth-order valence-electron chi connectivity index (χ4n) is 3.41. The SMILES string of the molecule is C=C[C@@H](N[S@@](=O)C(C)(C)C)c1cc(C(F)(F)F)cc(C(F)(F)F)c1.C=C[C@H](N[S@@](=O)C(C)(C)C)c1cc(C(F)(F)F)cc(C(F)(F)F)c1. The molecule has 0 heterocycles. The molecule has 2 aromatic carbocycles. The summed E-state index contributed by atoms with van der Waals surface area (Å²) in [4.78, 5) is 0. The molecule has 0 saturated heterocycles. The molecule has 0 amide bonds. The molecular weight excluding hydrogens is 712 g/mol. The highest BCUT2D eigenvalue weighted by Crippen LogP contribution is 2.39. The molecule has 0 unspecified atom stereocenters. The van der Waals surface area contributed by atoms with Crippen LogP contribution in [0.25, 0.3) is 0 Å². The highest BCUT2D eigenvalue weighted by molar-refractivity contribution is 7.84. The molecule has 0 saturated carbocycles. The number of alkyl halides is 12. The summed E-state index contributed by atoms with van der Waals surface area (Å²) in [6.07, 6.45) is -17.5. The van der Waals surface area contributed by atoms with Crippen molar-refractivity contribution < 1.29 is 61.1 Å². The normalized spacial score (nSPS) is 15.9. The molecule has 0 fully saturated rings. The van der Waals surface area contributed by atoms with Gasteiger partial charge in [0, 0.05) is 0 Å². The highest BCUT2D eigenvalue weighted by Gasteiger charge is 2.39. The number of halogens is 12. The Balaban J connectivity index is 0.000000480. The van der Waals surface area contributed by atoms with E-state index in [0.29, 0.717) is 24.3 Å². The van der Waals surface area contributed by atoms with Crippen LogP contribution in [0.4, 0.5) is 52.7 Å². The van der Waals surface area contributed by atoms with Gasteiger partial charge in [-0.2, -0.15) is 52.7 Å². The third-order valence-electron chi connectivity index (χ3n) is 5.99. The fraction of sp³-hybridized carbons (Fsp3) is 0.467. The van der Waals surface area contributed by atoms with E-state index in [2.05, 4.69) is 22.6 Å². The number of hydrogen-bond donors (Lipinski definition) is 2. The molecule has 2 aromatic rings. The lowest BCUT2D eigenvalue weighted by Crippen LogP contribution is -2.35. The zero-order chi connectivity index (χ0) is 37.8. The van der Waals surface area contributed by atoms with E-state index >= 15 is 0 Å². The molecular formula is C30H34F12N2O2S2. The topological polar surface area (TPSA) is 58.2 Å². The lowest BCUT2D eigenvalue weighted by Gasteiger charge is -2.24. The van der Waals surface area contributed by atoms with Crippen LogP contribution in [0.5, 0.6) is 0 Å². The predicted molar refractivity (Wildman–Crippen MR) is 161 cm³/mol. The lowest BCUT2D eigenvalue weighted by atomic mass is 10.00. The fourth-order valence-corrected chi connectivity index (χ4v) is 5.04. The monoisotopic (exact) mass is 746 g/mol. The zero-order valence-electron chi connectivity index (χ0n) is 26.4. The summed E-state index contributed by atoms with van der Waals surface area (Å²) in [7, 11) is -3.41. The van der Waals surface area contributed by atoms with Crippen molar-refractivity contribution in [3.63, 3.8) is 0 Å². The van der Waals surface area contributed by atoms with Gasteiger partial charge in [-0.15, -0.1) is 13.2 Å². The van der Waals surface area contributed by atoms with Gasteiger partial charge in [-0.3, -0.25) is 0 Å². The van der Waals surface area contributed by atoms with Gasteiger partial charge in [-0.1, -0.05) is 12.2 Å². The Kier molecular flexibility index (Phi) is 14.0. The minimum atomic E-state index is -4.94. The Morgan fingerprint density at radius 1 is 0.500 bits per heavy atom. The summed E-state index contributed by atoms with van der Waals surface area (Å²) in [6, 6.07) is 0.197. The first-order valence-electron chi connectivity index (χ1n) is 13.5. The molecule has 0 bridgehead atoms. The van der Waals surface area contributed by atoms with E-state index in [1.807, 2.05) is 0 Å². The molecule has 0 spiro atoms. The predicted octanol–water partition coefficient (Wildman–Crippen LogP) is 10.0. The van der Waals surface area contributed by atoms with Gasteiger partial charge < -0.3 is 0 Å². The van der Waals surface area contributed by atoms with Crippen LogP contribution in [-0.4, -0.2) is 17.9 Å². The Labute approximate surface area is 275 Å². The van der Waals surface area contributed by atoms with Crippen molar-refractivity contribution in [1.29, 1.82) is 0 Å². The van der Waals surface area contributed by atoms with Gasteiger partial charge in [0.1, 0.15) is 0 Å². The Morgan fingerprint density at radius 2 is 0.708 bits per heavy atom. The molecule has 4 atom stereocenters. The van der Waals surface area contributed by atoms with Gasteiger partial charge >= 0.3 is 24.7 Å². The van der Waals surface area contributed by atoms with Gasteiger partial charge in [0.25, 0.3) is 0 Å². The Morgan fingerprint density at radius 3 is 0.854 bits per heavy atom. The zero-order valence-corrected chi connectivity index (χ0v) is 28.0. The van der Waals surface area contributed by atoms with Gasteiger partial charge in [-0.05, 0) is 89.1 Å². The first kappa shape index (κ1) is 43.3. The second-order valence-electron chi connectivity index (χ2n) is 12.1. The van der Waals surface area contributed by atoms with Crippen LogP contribution in [0.15, 0.2) is 61.7 Å². The van der Waals surface area contributed by atoms with Gasteiger partial charge in [0.2, 0.25) is 0 Å². The molecule has 0 aliphatic heterocycles. The second-order valence-corrected chi connectivity index (χ2v) is 16.1. The van der Waals surface area contributed by atoms with Crippen LogP contribution >= 0.6 is 0 Å². The van der Waals surface area contributed by atoms with E-state index in [9.17, 15) is 61.1 Å². The van der Waals surface area contributed by atoms with E-state index < -0.39 is 90.5 Å². The summed E-state index contributed by atoms with van der Waals surface area (Å²) >= 11 is 0. The Hall–Kier alpha value is -2.70. The number of benzene rings is 2. The molecule has 272 valence electrons.